The largest absolute Gasteiger partial charge is 0.345 e. The van der Waals surface area contributed by atoms with Crippen LogP contribution in [0.15, 0.2) is 66.0 Å². The maximum absolute atomic E-state index is 13.8. The third-order valence-electron chi connectivity index (χ3n) is 6.21. The van der Waals surface area contributed by atoms with Crippen molar-refractivity contribution in [1.29, 1.82) is 0 Å². The molecule has 182 valence electrons. The molecule has 4 heterocycles. The van der Waals surface area contributed by atoms with Crippen molar-refractivity contribution in [3.8, 4) is 5.69 Å². The number of nitrogens with one attached hydrogen (secondary N) is 1. The van der Waals surface area contributed by atoms with Gasteiger partial charge in [-0.25, -0.2) is 19.9 Å². The van der Waals surface area contributed by atoms with E-state index in [9.17, 15) is 13.6 Å². The number of ether oxygens (including phenoxy) is 1. The van der Waals surface area contributed by atoms with E-state index >= 15 is 0 Å². The van der Waals surface area contributed by atoms with Crippen molar-refractivity contribution < 1.29 is 13.5 Å². The monoisotopic (exact) mass is 509 g/mol. The van der Waals surface area contributed by atoms with Crippen LogP contribution in [-0.4, -0.2) is 48.7 Å². The van der Waals surface area contributed by atoms with Crippen molar-refractivity contribution in [2.75, 3.05) is 11.4 Å². The first-order valence-electron chi connectivity index (χ1n) is 11.1. The van der Waals surface area contributed by atoms with E-state index in [2.05, 4.69) is 19.9 Å². The molecule has 0 spiro atoms. The molecule has 1 saturated heterocycles. The number of alkyl halides is 2. The van der Waals surface area contributed by atoms with Crippen LogP contribution in [0.1, 0.15) is 18.3 Å². The molecule has 0 radical (unpaired) electrons. The maximum atomic E-state index is 13.8. The first kappa shape index (κ1) is 22.5. The van der Waals surface area contributed by atoms with Crippen molar-refractivity contribution in [2.24, 2.45) is 0 Å². The zero-order chi connectivity index (χ0) is 24.8. The van der Waals surface area contributed by atoms with Gasteiger partial charge in [0.25, 0.3) is 5.56 Å². The maximum Gasteiger partial charge on any atom is 0.345 e. The minimum absolute atomic E-state index is 0.0895. The molecule has 1 N–H and O–H groups in total. The Kier molecular flexibility index (Phi) is 5.57. The summed E-state index contributed by atoms with van der Waals surface area (Å²) in [5, 5.41) is 0.547. The summed E-state index contributed by atoms with van der Waals surface area (Å²) >= 11 is 6.40. The molecule has 9 nitrogen and oxygen atoms in total. The van der Waals surface area contributed by atoms with E-state index in [0.717, 1.165) is 0 Å². The van der Waals surface area contributed by atoms with Crippen LogP contribution in [-0.2, 0) is 4.74 Å². The molecule has 5 aromatic rings. The molecule has 1 aliphatic heterocycles. The van der Waals surface area contributed by atoms with Crippen LogP contribution in [0.3, 0.4) is 0 Å². The van der Waals surface area contributed by atoms with Gasteiger partial charge in [-0.15, -0.1) is 0 Å². The van der Waals surface area contributed by atoms with Crippen molar-refractivity contribution in [1.82, 2.24) is 29.5 Å². The van der Waals surface area contributed by atoms with Crippen LogP contribution in [0.5, 0.6) is 0 Å². The lowest BCUT2D eigenvalue weighted by Gasteiger charge is -2.27. The summed E-state index contributed by atoms with van der Waals surface area (Å²) < 4.78 is 32.9. The van der Waals surface area contributed by atoms with E-state index < -0.39 is 18.8 Å². The molecule has 2 atom stereocenters. The molecule has 2 aromatic carbocycles. The molecule has 3 aromatic heterocycles. The third-order valence-corrected chi connectivity index (χ3v) is 6.53. The van der Waals surface area contributed by atoms with Gasteiger partial charge < -0.3 is 14.6 Å². The van der Waals surface area contributed by atoms with Gasteiger partial charge >= 0.3 is 6.61 Å². The zero-order valence-corrected chi connectivity index (χ0v) is 19.3. The van der Waals surface area contributed by atoms with Crippen molar-refractivity contribution in [3.05, 3.63) is 82.4 Å². The first-order chi connectivity index (χ1) is 17.5. The second-order valence-electron chi connectivity index (χ2n) is 8.30. The van der Waals surface area contributed by atoms with Gasteiger partial charge in [0.1, 0.15) is 17.7 Å². The fourth-order valence-corrected chi connectivity index (χ4v) is 4.99. The smallest absolute Gasteiger partial charge is 0.342 e. The number of anilines is 1. The quantitative estimate of drug-likeness (QED) is 0.377. The van der Waals surface area contributed by atoms with E-state index in [4.69, 9.17) is 21.3 Å². The van der Waals surface area contributed by atoms with Crippen LogP contribution < -0.4 is 10.5 Å². The van der Waals surface area contributed by atoms with Gasteiger partial charge in [0, 0.05) is 13.0 Å². The van der Waals surface area contributed by atoms with E-state index in [1.807, 2.05) is 6.07 Å². The predicted octanol–water partition coefficient (Wildman–Crippen LogP) is 4.26. The summed E-state index contributed by atoms with van der Waals surface area (Å²) in [7, 11) is 0. The Labute approximate surface area is 207 Å². The Bertz CT molecular complexity index is 1630. The number of nitrogens with zero attached hydrogens (tertiary/aromatic N) is 6. The SMILES string of the molecule is O=c1c2c(Cl)cccc2nc([C@@H]2C[C@H](OC(F)F)CN2c2ncnc3[nH]cnc23)n1-c1ccccc1. The third kappa shape index (κ3) is 3.76. The van der Waals surface area contributed by atoms with Gasteiger partial charge in [-0.3, -0.25) is 9.36 Å². The number of hydrogen-bond acceptors (Lipinski definition) is 7. The second-order valence-corrected chi connectivity index (χ2v) is 8.71. The molecular weight excluding hydrogens is 492 g/mol. The number of aromatic nitrogens is 6. The lowest BCUT2D eigenvalue weighted by molar-refractivity contribution is -0.157. The van der Waals surface area contributed by atoms with Crippen molar-refractivity contribution in [2.45, 2.75) is 25.2 Å². The molecular formula is C24H18ClF2N7O2. The Hall–Kier alpha value is -3.96. The highest BCUT2D eigenvalue weighted by Gasteiger charge is 2.40. The van der Waals surface area contributed by atoms with Gasteiger partial charge in [0.15, 0.2) is 11.5 Å². The van der Waals surface area contributed by atoms with Crippen LogP contribution >= 0.6 is 11.6 Å². The van der Waals surface area contributed by atoms with Gasteiger partial charge in [-0.1, -0.05) is 35.9 Å². The van der Waals surface area contributed by atoms with Crippen LogP contribution in [0.2, 0.25) is 5.02 Å². The second kappa shape index (κ2) is 8.92. The Morgan fingerprint density at radius 1 is 1.08 bits per heavy atom. The molecule has 36 heavy (non-hydrogen) atoms. The predicted molar refractivity (Wildman–Crippen MR) is 130 cm³/mol. The first-order valence-corrected chi connectivity index (χ1v) is 11.5. The average molecular weight is 510 g/mol. The van der Waals surface area contributed by atoms with E-state index in [1.54, 1.807) is 47.4 Å². The molecule has 1 aliphatic rings. The topological polar surface area (TPSA) is 102 Å². The highest BCUT2D eigenvalue weighted by Crippen LogP contribution is 2.39. The summed E-state index contributed by atoms with van der Waals surface area (Å²) in [6, 6.07) is 13.4. The molecule has 12 heteroatoms. The fraction of sp³-hybridized carbons (Fsp3) is 0.208. The molecule has 0 saturated carbocycles. The molecule has 0 bridgehead atoms. The number of fused-ring (bicyclic) bond motifs is 2. The molecule has 6 rings (SSSR count). The van der Waals surface area contributed by atoms with Crippen LogP contribution in [0.25, 0.3) is 27.8 Å². The highest BCUT2D eigenvalue weighted by atomic mass is 35.5. The van der Waals surface area contributed by atoms with E-state index in [-0.39, 0.29) is 28.9 Å². The number of aromatic amines is 1. The number of halogens is 3. The van der Waals surface area contributed by atoms with E-state index in [0.29, 0.717) is 34.0 Å². The Morgan fingerprint density at radius 3 is 2.72 bits per heavy atom. The standard InChI is InChI=1S/C24H18ClF2N7O2/c25-15-7-4-8-16-18(15)23(35)34(13-5-2-1-3-6-13)21(32-16)17-9-14(36-24(26)27)10-33(17)22-19-20(29-11-28-19)30-12-31-22/h1-8,11-12,14,17,24H,9-10H2,(H,28,29,30,31)/t14-,17-/m0/s1. The summed E-state index contributed by atoms with van der Waals surface area (Å²) in [5.74, 6) is 0.773. The van der Waals surface area contributed by atoms with Gasteiger partial charge in [0.2, 0.25) is 0 Å². The number of para-hydroxylation sites is 1. The number of benzene rings is 2. The number of hydrogen-bond donors (Lipinski definition) is 1. The van der Waals surface area contributed by atoms with E-state index in [1.165, 1.54) is 17.2 Å². The Morgan fingerprint density at radius 2 is 1.92 bits per heavy atom. The highest BCUT2D eigenvalue weighted by molar-refractivity contribution is 6.35. The van der Waals surface area contributed by atoms with Crippen LogP contribution in [0.4, 0.5) is 14.6 Å². The summed E-state index contributed by atoms with van der Waals surface area (Å²) in [5.41, 5.74) is 1.57. The summed E-state index contributed by atoms with van der Waals surface area (Å²) in [4.78, 5) is 36.3. The lowest BCUT2D eigenvalue weighted by Crippen LogP contribution is -2.32. The molecule has 0 aliphatic carbocycles. The summed E-state index contributed by atoms with van der Waals surface area (Å²) in [6.45, 7) is -2.86. The fourth-order valence-electron chi connectivity index (χ4n) is 4.74. The van der Waals surface area contributed by atoms with Crippen molar-refractivity contribution in [3.63, 3.8) is 0 Å². The molecule has 0 amide bonds. The summed E-state index contributed by atoms with van der Waals surface area (Å²) in [6.07, 6.45) is 2.16. The van der Waals surface area contributed by atoms with Gasteiger partial charge in [0.05, 0.1) is 40.1 Å². The minimum Gasteiger partial charge on any atom is -0.342 e. The average Bonchev–Trinajstić information content (AvgIpc) is 3.51. The van der Waals surface area contributed by atoms with Crippen LogP contribution in [0, 0.1) is 0 Å². The number of imidazole rings is 1. The molecule has 0 unspecified atom stereocenters. The number of H-pyrrole nitrogens is 1. The van der Waals surface area contributed by atoms with Gasteiger partial charge in [-0.05, 0) is 24.3 Å². The number of rotatable bonds is 5. The van der Waals surface area contributed by atoms with Crippen molar-refractivity contribution >= 4 is 39.5 Å². The minimum atomic E-state index is -2.95. The Balaban J connectivity index is 1.60. The zero-order valence-electron chi connectivity index (χ0n) is 18.6. The molecule has 1 fully saturated rings. The normalized spacial score (nSPS) is 18.1. The lowest BCUT2D eigenvalue weighted by atomic mass is 10.1. The van der Waals surface area contributed by atoms with Gasteiger partial charge in [-0.2, -0.15) is 8.78 Å².